The molecule has 1 fully saturated rings. The van der Waals surface area contributed by atoms with Gasteiger partial charge in [-0.3, -0.25) is 9.59 Å². The first-order chi connectivity index (χ1) is 9.97. The van der Waals surface area contributed by atoms with E-state index < -0.39 is 23.5 Å². The number of aliphatic carboxylic acids is 1. The number of nitrogens with one attached hydrogen (secondary N) is 1. The highest BCUT2D eigenvalue weighted by molar-refractivity contribution is 5.94. The average molecular weight is 297 g/mol. The average Bonchev–Trinajstić information content (AvgIpc) is 2.47. The van der Waals surface area contributed by atoms with Gasteiger partial charge in [0.05, 0.1) is 11.5 Å². The second-order valence-electron chi connectivity index (χ2n) is 5.39. The summed E-state index contributed by atoms with van der Waals surface area (Å²) in [5.41, 5.74) is -0.311. The molecule has 1 aliphatic rings. The molecular formula is C15H17F2NO3. The quantitative estimate of drug-likeness (QED) is 0.897. The Bertz CT molecular complexity index is 540. The number of carboxylic acid groups (broad SMARTS) is 1. The van der Waals surface area contributed by atoms with Gasteiger partial charge in [-0.2, -0.15) is 0 Å². The number of carbonyl (C=O) groups excluding carboxylic acids is 1. The van der Waals surface area contributed by atoms with Crippen LogP contribution in [0.5, 0.6) is 0 Å². The third-order valence-electron chi connectivity index (χ3n) is 3.92. The van der Waals surface area contributed by atoms with Crippen LogP contribution in [0.1, 0.15) is 36.0 Å². The Labute approximate surface area is 121 Å². The Morgan fingerprint density at radius 2 is 1.86 bits per heavy atom. The summed E-state index contributed by atoms with van der Waals surface area (Å²) in [7, 11) is 0. The first-order valence-corrected chi connectivity index (χ1v) is 6.93. The van der Waals surface area contributed by atoms with Crippen molar-refractivity contribution in [2.45, 2.75) is 25.7 Å². The molecule has 114 valence electrons. The van der Waals surface area contributed by atoms with Crippen molar-refractivity contribution in [1.29, 1.82) is 0 Å². The molecule has 4 nitrogen and oxygen atoms in total. The smallest absolute Gasteiger partial charge is 0.306 e. The van der Waals surface area contributed by atoms with Crippen molar-refractivity contribution >= 4 is 11.9 Å². The Balaban J connectivity index is 1.85. The SMILES string of the molecule is O=C(NCC1CCC(C(=O)O)CC1)c1cc(F)ccc1F. The fourth-order valence-electron chi connectivity index (χ4n) is 2.62. The molecule has 0 aliphatic heterocycles. The lowest BCUT2D eigenvalue weighted by Gasteiger charge is -2.26. The van der Waals surface area contributed by atoms with Crippen LogP contribution in [0.4, 0.5) is 8.78 Å². The lowest BCUT2D eigenvalue weighted by molar-refractivity contribution is -0.143. The van der Waals surface area contributed by atoms with Crippen LogP contribution in [0.25, 0.3) is 0 Å². The van der Waals surface area contributed by atoms with E-state index in [1.165, 1.54) is 0 Å². The van der Waals surface area contributed by atoms with Gasteiger partial charge in [0.15, 0.2) is 0 Å². The number of halogens is 2. The van der Waals surface area contributed by atoms with E-state index in [2.05, 4.69) is 5.32 Å². The Morgan fingerprint density at radius 1 is 1.19 bits per heavy atom. The molecule has 0 unspecified atom stereocenters. The third-order valence-corrected chi connectivity index (χ3v) is 3.92. The molecule has 0 spiro atoms. The summed E-state index contributed by atoms with van der Waals surface area (Å²) in [6.07, 6.45) is 2.60. The zero-order valence-corrected chi connectivity index (χ0v) is 11.4. The molecule has 2 rings (SSSR count). The van der Waals surface area contributed by atoms with Gasteiger partial charge in [-0.1, -0.05) is 0 Å². The summed E-state index contributed by atoms with van der Waals surface area (Å²) in [4.78, 5) is 22.7. The van der Waals surface area contributed by atoms with Crippen molar-refractivity contribution in [2.24, 2.45) is 11.8 Å². The van der Waals surface area contributed by atoms with Crippen molar-refractivity contribution in [2.75, 3.05) is 6.54 Å². The predicted octanol–water partition coefficient (Wildman–Crippen LogP) is 2.59. The lowest BCUT2D eigenvalue weighted by Crippen LogP contribution is -2.32. The van der Waals surface area contributed by atoms with Crippen molar-refractivity contribution in [3.8, 4) is 0 Å². The summed E-state index contributed by atoms with van der Waals surface area (Å²) in [5.74, 6) is -2.97. The Morgan fingerprint density at radius 3 is 2.48 bits per heavy atom. The zero-order valence-electron chi connectivity index (χ0n) is 11.4. The molecule has 0 radical (unpaired) electrons. The number of benzene rings is 1. The van der Waals surface area contributed by atoms with Gasteiger partial charge in [0.25, 0.3) is 5.91 Å². The molecule has 1 saturated carbocycles. The van der Waals surface area contributed by atoms with Gasteiger partial charge in [-0.25, -0.2) is 8.78 Å². The van der Waals surface area contributed by atoms with Crippen LogP contribution >= 0.6 is 0 Å². The van der Waals surface area contributed by atoms with Crippen LogP contribution in [-0.2, 0) is 4.79 Å². The van der Waals surface area contributed by atoms with Crippen LogP contribution in [-0.4, -0.2) is 23.5 Å². The topological polar surface area (TPSA) is 66.4 Å². The highest BCUT2D eigenvalue weighted by Crippen LogP contribution is 2.28. The minimum Gasteiger partial charge on any atom is -0.481 e. The van der Waals surface area contributed by atoms with Crippen molar-refractivity contribution < 1.29 is 23.5 Å². The highest BCUT2D eigenvalue weighted by Gasteiger charge is 2.26. The maximum Gasteiger partial charge on any atom is 0.306 e. The van der Waals surface area contributed by atoms with Crippen molar-refractivity contribution in [3.05, 3.63) is 35.4 Å². The van der Waals surface area contributed by atoms with E-state index in [-0.39, 0.29) is 17.4 Å². The van der Waals surface area contributed by atoms with E-state index >= 15 is 0 Å². The number of amides is 1. The fraction of sp³-hybridized carbons (Fsp3) is 0.467. The first-order valence-electron chi connectivity index (χ1n) is 6.93. The molecule has 0 aromatic heterocycles. The molecule has 1 aliphatic carbocycles. The van der Waals surface area contributed by atoms with Gasteiger partial charge >= 0.3 is 5.97 Å². The van der Waals surface area contributed by atoms with E-state index in [0.29, 0.717) is 32.2 Å². The third kappa shape index (κ3) is 4.00. The fourth-order valence-corrected chi connectivity index (χ4v) is 2.62. The summed E-state index contributed by atoms with van der Waals surface area (Å²) in [5, 5.41) is 11.5. The molecule has 1 amide bonds. The lowest BCUT2D eigenvalue weighted by atomic mass is 9.82. The van der Waals surface area contributed by atoms with Crippen LogP contribution in [0.3, 0.4) is 0 Å². The van der Waals surface area contributed by atoms with Crippen LogP contribution < -0.4 is 5.32 Å². The number of hydrogen-bond donors (Lipinski definition) is 2. The molecular weight excluding hydrogens is 280 g/mol. The molecule has 0 heterocycles. The zero-order chi connectivity index (χ0) is 15.4. The second-order valence-corrected chi connectivity index (χ2v) is 5.39. The van der Waals surface area contributed by atoms with Crippen LogP contribution in [0, 0.1) is 23.5 Å². The van der Waals surface area contributed by atoms with E-state index in [1.54, 1.807) is 0 Å². The molecule has 21 heavy (non-hydrogen) atoms. The first kappa shape index (κ1) is 15.4. The maximum atomic E-state index is 13.4. The van der Waals surface area contributed by atoms with Gasteiger partial charge in [-0.15, -0.1) is 0 Å². The van der Waals surface area contributed by atoms with E-state index in [9.17, 15) is 18.4 Å². The predicted molar refractivity (Wildman–Crippen MR) is 71.8 cm³/mol. The Kier molecular flexibility index (Phi) is 4.88. The summed E-state index contributed by atoms with van der Waals surface area (Å²) >= 11 is 0. The largest absolute Gasteiger partial charge is 0.481 e. The maximum absolute atomic E-state index is 13.4. The van der Waals surface area contributed by atoms with Gasteiger partial charge < -0.3 is 10.4 Å². The Hall–Kier alpha value is -1.98. The van der Waals surface area contributed by atoms with Crippen molar-refractivity contribution in [3.63, 3.8) is 0 Å². The van der Waals surface area contributed by atoms with Gasteiger partial charge in [0.2, 0.25) is 0 Å². The van der Waals surface area contributed by atoms with Gasteiger partial charge in [0, 0.05) is 6.54 Å². The number of carbonyl (C=O) groups is 2. The van der Waals surface area contributed by atoms with Gasteiger partial charge in [0.1, 0.15) is 11.6 Å². The summed E-state index contributed by atoms with van der Waals surface area (Å²) in [6.45, 7) is 0.348. The van der Waals surface area contributed by atoms with Crippen LogP contribution in [0.2, 0.25) is 0 Å². The molecule has 0 atom stereocenters. The van der Waals surface area contributed by atoms with E-state index in [1.807, 2.05) is 0 Å². The molecule has 1 aromatic rings. The number of rotatable bonds is 4. The van der Waals surface area contributed by atoms with Crippen LogP contribution in [0.15, 0.2) is 18.2 Å². The molecule has 0 saturated heterocycles. The van der Waals surface area contributed by atoms with Gasteiger partial charge in [-0.05, 0) is 49.8 Å². The summed E-state index contributed by atoms with van der Waals surface area (Å²) < 4.78 is 26.5. The summed E-state index contributed by atoms with van der Waals surface area (Å²) in [6, 6.07) is 2.74. The second kappa shape index (κ2) is 6.65. The standard InChI is InChI=1S/C15H17F2NO3/c16-11-5-6-13(17)12(7-11)14(19)18-8-9-1-3-10(4-2-9)15(20)21/h5-7,9-10H,1-4,8H2,(H,18,19)(H,20,21). The minimum absolute atomic E-state index is 0.182. The minimum atomic E-state index is -0.778. The molecule has 0 bridgehead atoms. The molecule has 2 N–H and O–H groups in total. The number of carboxylic acids is 1. The monoisotopic (exact) mass is 297 g/mol. The van der Waals surface area contributed by atoms with Crippen molar-refractivity contribution in [1.82, 2.24) is 5.32 Å². The molecule has 1 aromatic carbocycles. The normalized spacial score (nSPS) is 21.8. The number of hydrogen-bond acceptors (Lipinski definition) is 2. The van der Waals surface area contributed by atoms with E-state index in [4.69, 9.17) is 5.11 Å². The highest BCUT2D eigenvalue weighted by atomic mass is 19.1. The van der Waals surface area contributed by atoms with E-state index in [0.717, 1.165) is 18.2 Å². The molecule has 6 heteroatoms.